The molecule has 0 unspecified atom stereocenters. The van der Waals surface area contributed by atoms with Gasteiger partial charge in [0.1, 0.15) is 22.5 Å². The van der Waals surface area contributed by atoms with E-state index in [0.29, 0.717) is 33.7 Å². The number of hydrogen-bond donors (Lipinski definition) is 1. The van der Waals surface area contributed by atoms with Crippen molar-refractivity contribution in [2.75, 3.05) is 0 Å². The van der Waals surface area contributed by atoms with E-state index in [1.165, 1.54) is 11.1 Å². The van der Waals surface area contributed by atoms with E-state index in [1.54, 1.807) is 6.07 Å². The monoisotopic (exact) mass is 962 g/mol. The van der Waals surface area contributed by atoms with Crippen molar-refractivity contribution in [3.05, 3.63) is 163 Å². The number of benzene rings is 6. The molecule has 10 aromatic rings. The molecule has 0 bridgehead atoms. The molecule has 0 atom stereocenters. The number of imidazole rings is 1. The quantitative estimate of drug-likeness (QED) is 0.174. The third-order valence-electron chi connectivity index (χ3n) is 11.4. The van der Waals surface area contributed by atoms with E-state index < -0.39 is 0 Å². The van der Waals surface area contributed by atoms with E-state index in [2.05, 4.69) is 137 Å². The van der Waals surface area contributed by atoms with Gasteiger partial charge in [-0.05, 0) is 69.3 Å². The molecule has 298 valence electrons. The largest absolute Gasteiger partial charge is 0.506 e. The number of nitrogens with zero attached hydrogens (tertiary/aromatic N) is 4. The van der Waals surface area contributed by atoms with Crippen LogP contribution in [-0.2, 0) is 31.9 Å². The molecule has 0 aliphatic heterocycles. The van der Waals surface area contributed by atoms with Crippen LogP contribution in [0, 0.1) is 6.07 Å². The molecule has 0 saturated heterocycles. The molecule has 7 heteroatoms. The Balaban J connectivity index is 0.00000462. The van der Waals surface area contributed by atoms with Crippen LogP contribution in [0.15, 0.2) is 150 Å². The first kappa shape index (κ1) is 39.1. The average molecular weight is 963 g/mol. The third kappa shape index (κ3) is 6.69. The zero-order valence-electron chi connectivity index (χ0n) is 34.3. The Morgan fingerprint density at radius 3 is 2.12 bits per heavy atom. The van der Waals surface area contributed by atoms with E-state index in [-0.39, 0.29) is 37.6 Å². The summed E-state index contributed by atoms with van der Waals surface area (Å²) < 4.78 is 8.33. The molecule has 4 heterocycles. The van der Waals surface area contributed by atoms with Crippen molar-refractivity contribution < 1.29 is 30.6 Å². The van der Waals surface area contributed by atoms with Gasteiger partial charge in [-0.15, -0.1) is 29.8 Å². The van der Waals surface area contributed by atoms with Gasteiger partial charge in [0.05, 0.1) is 16.9 Å². The predicted molar refractivity (Wildman–Crippen MR) is 241 cm³/mol. The zero-order chi connectivity index (χ0) is 40.6. The molecular formula is C53H43N4O2Pt-. The van der Waals surface area contributed by atoms with Gasteiger partial charge in [-0.2, -0.15) is 0 Å². The molecule has 0 radical (unpaired) electrons. The maximum Gasteiger partial charge on any atom is 0.157 e. The molecule has 0 spiro atoms. The minimum absolute atomic E-state index is 0. The summed E-state index contributed by atoms with van der Waals surface area (Å²) in [5.41, 5.74) is 13.8. The maximum absolute atomic E-state index is 11.6. The van der Waals surface area contributed by atoms with Crippen molar-refractivity contribution in [1.82, 2.24) is 19.5 Å². The van der Waals surface area contributed by atoms with Crippen LogP contribution in [0.1, 0.15) is 52.7 Å². The summed E-state index contributed by atoms with van der Waals surface area (Å²) in [4.78, 5) is 15.5. The van der Waals surface area contributed by atoms with Crippen molar-refractivity contribution >= 4 is 44.0 Å². The number of hydrogen-bond acceptors (Lipinski definition) is 5. The average Bonchev–Trinajstić information content (AvgIpc) is 3.81. The number of para-hydroxylation sites is 2. The van der Waals surface area contributed by atoms with Crippen LogP contribution in [0.25, 0.3) is 94.6 Å². The molecule has 0 aliphatic carbocycles. The van der Waals surface area contributed by atoms with Gasteiger partial charge in [0.25, 0.3) is 0 Å². The van der Waals surface area contributed by atoms with Gasteiger partial charge in [0.15, 0.2) is 5.58 Å². The molecule has 1 N–H and O–H groups in total. The van der Waals surface area contributed by atoms with E-state index in [9.17, 15) is 5.11 Å². The molecule has 6 nitrogen and oxygen atoms in total. The second-order valence-corrected chi connectivity index (χ2v) is 17.4. The second kappa shape index (κ2) is 14.7. The van der Waals surface area contributed by atoms with E-state index in [1.807, 2.05) is 54.7 Å². The first-order valence-corrected chi connectivity index (χ1v) is 20.1. The Morgan fingerprint density at radius 1 is 0.583 bits per heavy atom. The fraction of sp³-hybridized carbons (Fsp3) is 0.151. The fourth-order valence-corrected chi connectivity index (χ4v) is 8.17. The van der Waals surface area contributed by atoms with Crippen molar-refractivity contribution in [1.29, 1.82) is 0 Å². The van der Waals surface area contributed by atoms with Crippen molar-refractivity contribution in [2.45, 2.75) is 52.4 Å². The summed E-state index contributed by atoms with van der Waals surface area (Å²) in [6, 6.07) is 51.6. The molecule has 4 aromatic heterocycles. The minimum Gasteiger partial charge on any atom is -0.506 e. The fourth-order valence-electron chi connectivity index (χ4n) is 8.17. The van der Waals surface area contributed by atoms with Crippen LogP contribution in [0.5, 0.6) is 5.75 Å². The van der Waals surface area contributed by atoms with E-state index in [4.69, 9.17) is 19.4 Å². The van der Waals surface area contributed by atoms with Crippen molar-refractivity contribution in [2.24, 2.45) is 0 Å². The summed E-state index contributed by atoms with van der Waals surface area (Å²) in [7, 11) is 0. The zero-order valence-corrected chi connectivity index (χ0v) is 36.6. The third-order valence-corrected chi connectivity index (χ3v) is 11.4. The summed E-state index contributed by atoms with van der Waals surface area (Å²) in [5.74, 6) is 0.736. The van der Waals surface area contributed by atoms with Crippen LogP contribution < -0.4 is 0 Å². The Morgan fingerprint density at radius 2 is 1.32 bits per heavy atom. The van der Waals surface area contributed by atoms with Gasteiger partial charge in [0.2, 0.25) is 0 Å². The van der Waals surface area contributed by atoms with Crippen molar-refractivity contribution in [3.8, 4) is 56.3 Å². The van der Waals surface area contributed by atoms with Crippen LogP contribution in [0.3, 0.4) is 0 Å². The Labute approximate surface area is 363 Å². The molecule has 0 saturated carbocycles. The molecule has 0 fully saturated rings. The number of rotatable bonds is 5. The Bertz CT molecular complexity index is 3260. The number of furan rings is 1. The summed E-state index contributed by atoms with van der Waals surface area (Å²) in [5, 5.41) is 13.6. The van der Waals surface area contributed by atoms with Crippen molar-refractivity contribution in [3.63, 3.8) is 0 Å². The topological polar surface area (TPSA) is 77.0 Å². The van der Waals surface area contributed by atoms with Gasteiger partial charge in [0, 0.05) is 61.0 Å². The molecule has 0 amide bonds. The second-order valence-electron chi connectivity index (χ2n) is 17.4. The van der Waals surface area contributed by atoms with Crippen LogP contribution in [-0.4, -0.2) is 24.6 Å². The number of aromatic nitrogens is 4. The maximum atomic E-state index is 11.6. The first-order chi connectivity index (χ1) is 28.4. The number of pyridine rings is 2. The van der Waals surface area contributed by atoms with E-state index in [0.717, 1.165) is 60.9 Å². The van der Waals surface area contributed by atoms with Gasteiger partial charge in [-0.1, -0.05) is 132 Å². The standard InChI is InChI=1S/C53H43N4O2.Pt/c1-52(2,3)36-24-25-42(40(29-36)32-15-8-7-9-16-32)57-43-22-13-21-39(49-44(58)31-46-50(55-49)38-20-10-11-23-45(38)59-46)48(43)56-51(57)35-18-12-17-33(27-35)41-30-37(53(4,5)6)28-34-19-14-26-54-47(34)41;/h7-26,28-31,58H,1-6H3;/q-1;. The smallest absolute Gasteiger partial charge is 0.157 e. The number of fused-ring (bicyclic) bond motifs is 5. The summed E-state index contributed by atoms with van der Waals surface area (Å²) in [6.45, 7) is 13.5. The molecule has 60 heavy (non-hydrogen) atoms. The Hall–Kier alpha value is -6.36. The molecular weight excluding hydrogens is 920 g/mol. The van der Waals surface area contributed by atoms with Crippen LogP contribution >= 0.6 is 0 Å². The normalized spacial score (nSPS) is 12.1. The minimum atomic E-state index is -0.0747. The van der Waals surface area contributed by atoms with Gasteiger partial charge in [-0.25, -0.2) is 4.98 Å². The van der Waals surface area contributed by atoms with Crippen LogP contribution in [0.2, 0.25) is 0 Å². The Kier molecular flexibility index (Phi) is 9.60. The van der Waals surface area contributed by atoms with Gasteiger partial charge >= 0.3 is 0 Å². The molecule has 6 aromatic carbocycles. The summed E-state index contributed by atoms with van der Waals surface area (Å²) >= 11 is 0. The molecule has 10 rings (SSSR count). The van der Waals surface area contributed by atoms with Gasteiger partial charge < -0.3 is 14.1 Å². The summed E-state index contributed by atoms with van der Waals surface area (Å²) in [6.07, 6.45) is 1.85. The van der Waals surface area contributed by atoms with Gasteiger partial charge in [-0.3, -0.25) is 9.97 Å². The SMILES string of the molecule is CC(C)(C)c1ccc(-n2c(-c3[c-]c(-c4cc(C(C)(C)C)cc5cccnc45)ccc3)nc3c(-c4nc5c(cc4O)oc4ccccc45)cccc32)c(-c2ccccc2)c1.[Pt]. The predicted octanol–water partition coefficient (Wildman–Crippen LogP) is 13.6. The number of aromatic hydroxyl groups is 1. The molecule has 0 aliphatic rings. The first-order valence-electron chi connectivity index (χ1n) is 20.1. The van der Waals surface area contributed by atoms with E-state index >= 15 is 0 Å². The van der Waals surface area contributed by atoms with Crippen LogP contribution in [0.4, 0.5) is 0 Å².